The second kappa shape index (κ2) is 9.25. The Morgan fingerprint density at radius 2 is 1.62 bits per heavy atom. The zero-order valence-electron chi connectivity index (χ0n) is 14.1. The molecule has 1 aromatic rings. The number of nitrogens with zero attached hydrogens (tertiary/aromatic N) is 1. The Labute approximate surface area is 131 Å². The molecule has 1 aliphatic heterocycles. The monoisotopic (exact) mass is 287 g/mol. The van der Waals surface area contributed by atoms with Crippen molar-refractivity contribution < 1.29 is 0 Å². The van der Waals surface area contributed by atoms with Crippen molar-refractivity contribution in [1.29, 1.82) is 0 Å². The zero-order valence-corrected chi connectivity index (χ0v) is 14.1. The summed E-state index contributed by atoms with van der Waals surface area (Å²) in [5.74, 6) is 0.907. The van der Waals surface area contributed by atoms with Crippen molar-refractivity contribution in [3.8, 4) is 0 Å². The fraction of sp³-hybridized carbons (Fsp3) is 0.700. The van der Waals surface area contributed by atoms with Gasteiger partial charge in [0.1, 0.15) is 0 Å². The van der Waals surface area contributed by atoms with Gasteiger partial charge in [0.25, 0.3) is 0 Å². The lowest BCUT2D eigenvalue weighted by molar-refractivity contribution is 0.181. The van der Waals surface area contributed by atoms with E-state index in [1.54, 1.807) is 0 Å². The van der Waals surface area contributed by atoms with E-state index in [0.717, 1.165) is 5.92 Å². The van der Waals surface area contributed by atoms with E-state index in [4.69, 9.17) is 0 Å². The largest absolute Gasteiger partial charge is 0.303 e. The highest BCUT2D eigenvalue weighted by Gasteiger charge is 2.18. The number of unbranched alkanes of at least 4 members (excludes halogenated alkanes) is 4. The van der Waals surface area contributed by atoms with Crippen LogP contribution in [0.5, 0.6) is 0 Å². The van der Waals surface area contributed by atoms with Gasteiger partial charge < -0.3 is 4.90 Å². The van der Waals surface area contributed by atoms with Gasteiger partial charge in [0.05, 0.1) is 0 Å². The fourth-order valence-electron chi connectivity index (χ4n) is 3.41. The first-order valence-corrected chi connectivity index (χ1v) is 9.06. The highest BCUT2D eigenvalue weighted by Crippen LogP contribution is 2.22. The Morgan fingerprint density at radius 3 is 2.29 bits per heavy atom. The summed E-state index contributed by atoms with van der Waals surface area (Å²) in [6.45, 7) is 8.44. The second-order valence-electron chi connectivity index (χ2n) is 6.89. The van der Waals surface area contributed by atoms with E-state index in [1.165, 1.54) is 82.1 Å². The molecule has 0 saturated carbocycles. The van der Waals surface area contributed by atoms with Crippen molar-refractivity contribution in [3.05, 3.63) is 35.4 Å². The minimum atomic E-state index is 0.907. The Kier molecular flexibility index (Phi) is 7.29. The molecule has 1 heterocycles. The van der Waals surface area contributed by atoms with Crippen LogP contribution in [0.25, 0.3) is 0 Å². The van der Waals surface area contributed by atoms with Gasteiger partial charge in [0.15, 0.2) is 0 Å². The van der Waals surface area contributed by atoms with Crippen molar-refractivity contribution in [3.63, 3.8) is 0 Å². The van der Waals surface area contributed by atoms with E-state index in [2.05, 4.69) is 43.0 Å². The first kappa shape index (κ1) is 16.5. The van der Waals surface area contributed by atoms with Crippen molar-refractivity contribution in [1.82, 2.24) is 4.90 Å². The van der Waals surface area contributed by atoms with E-state index in [-0.39, 0.29) is 0 Å². The standard InChI is InChI=1S/C20H33N/c1-3-4-5-6-7-14-21-15-12-20(13-16-21)17-19-10-8-18(2)9-11-19/h8-11,20H,3-7,12-17H2,1-2H3. The molecule has 0 amide bonds. The number of likely N-dealkylation sites (tertiary alicyclic amines) is 1. The normalized spacial score (nSPS) is 17.2. The van der Waals surface area contributed by atoms with Crippen LogP contribution in [-0.2, 0) is 6.42 Å². The predicted molar refractivity (Wildman–Crippen MR) is 92.8 cm³/mol. The van der Waals surface area contributed by atoms with Crippen LogP contribution in [0.2, 0.25) is 0 Å². The quantitative estimate of drug-likeness (QED) is 0.592. The van der Waals surface area contributed by atoms with Crippen LogP contribution in [0, 0.1) is 12.8 Å². The van der Waals surface area contributed by atoms with Gasteiger partial charge in [-0.2, -0.15) is 0 Å². The highest BCUT2D eigenvalue weighted by atomic mass is 15.1. The molecule has 118 valence electrons. The maximum absolute atomic E-state index is 2.69. The van der Waals surface area contributed by atoms with Crippen LogP contribution >= 0.6 is 0 Å². The Bertz CT molecular complexity index is 373. The van der Waals surface area contributed by atoms with Crippen LogP contribution < -0.4 is 0 Å². The van der Waals surface area contributed by atoms with Crippen LogP contribution in [0.15, 0.2) is 24.3 Å². The van der Waals surface area contributed by atoms with Crippen LogP contribution in [0.1, 0.15) is 63.0 Å². The van der Waals surface area contributed by atoms with Crippen molar-refractivity contribution in [2.45, 2.75) is 65.2 Å². The van der Waals surface area contributed by atoms with Crippen molar-refractivity contribution in [2.75, 3.05) is 19.6 Å². The molecule has 0 aromatic heterocycles. The molecule has 0 bridgehead atoms. The SMILES string of the molecule is CCCCCCCN1CCC(Cc2ccc(C)cc2)CC1. The van der Waals surface area contributed by atoms with Gasteiger partial charge in [-0.05, 0) is 63.7 Å². The van der Waals surface area contributed by atoms with Gasteiger partial charge in [-0.15, -0.1) is 0 Å². The van der Waals surface area contributed by atoms with E-state index >= 15 is 0 Å². The Morgan fingerprint density at radius 1 is 0.952 bits per heavy atom. The molecule has 21 heavy (non-hydrogen) atoms. The summed E-state index contributed by atoms with van der Waals surface area (Å²) in [5.41, 5.74) is 2.90. The molecule has 2 rings (SSSR count). The molecular formula is C20H33N. The third-order valence-corrected chi connectivity index (χ3v) is 4.93. The zero-order chi connectivity index (χ0) is 14.9. The van der Waals surface area contributed by atoms with Gasteiger partial charge in [-0.3, -0.25) is 0 Å². The molecule has 0 aliphatic carbocycles. The molecule has 1 fully saturated rings. The summed E-state index contributed by atoms with van der Waals surface area (Å²) < 4.78 is 0. The first-order valence-electron chi connectivity index (χ1n) is 9.06. The van der Waals surface area contributed by atoms with E-state index in [9.17, 15) is 0 Å². The molecule has 1 heteroatoms. The summed E-state index contributed by atoms with van der Waals surface area (Å²) in [6, 6.07) is 9.13. The topological polar surface area (TPSA) is 3.24 Å². The van der Waals surface area contributed by atoms with E-state index in [0.29, 0.717) is 0 Å². The number of piperidine rings is 1. The molecular weight excluding hydrogens is 254 g/mol. The van der Waals surface area contributed by atoms with Crippen LogP contribution in [0.4, 0.5) is 0 Å². The van der Waals surface area contributed by atoms with Crippen molar-refractivity contribution in [2.24, 2.45) is 5.92 Å². The molecule has 1 aromatic carbocycles. The molecule has 0 radical (unpaired) electrons. The summed E-state index contributed by atoms with van der Waals surface area (Å²) in [4.78, 5) is 2.69. The number of benzene rings is 1. The molecule has 0 N–H and O–H groups in total. The number of hydrogen-bond donors (Lipinski definition) is 0. The number of aryl methyl sites for hydroxylation is 1. The summed E-state index contributed by atoms with van der Waals surface area (Å²) in [7, 11) is 0. The lowest BCUT2D eigenvalue weighted by atomic mass is 9.90. The summed E-state index contributed by atoms with van der Waals surface area (Å²) in [6.07, 6.45) is 11.1. The second-order valence-corrected chi connectivity index (χ2v) is 6.89. The average molecular weight is 287 g/mol. The average Bonchev–Trinajstić information content (AvgIpc) is 2.51. The van der Waals surface area contributed by atoms with Gasteiger partial charge >= 0.3 is 0 Å². The molecule has 0 atom stereocenters. The van der Waals surface area contributed by atoms with Gasteiger partial charge in [-0.25, -0.2) is 0 Å². The Balaban J connectivity index is 1.60. The number of hydrogen-bond acceptors (Lipinski definition) is 1. The third-order valence-electron chi connectivity index (χ3n) is 4.93. The summed E-state index contributed by atoms with van der Waals surface area (Å²) >= 11 is 0. The number of rotatable bonds is 8. The van der Waals surface area contributed by atoms with E-state index in [1.807, 2.05) is 0 Å². The van der Waals surface area contributed by atoms with Crippen LogP contribution in [0.3, 0.4) is 0 Å². The smallest absolute Gasteiger partial charge is 0.00160 e. The predicted octanol–water partition coefficient (Wildman–Crippen LogP) is 5.22. The van der Waals surface area contributed by atoms with Gasteiger partial charge in [-0.1, -0.05) is 62.4 Å². The van der Waals surface area contributed by atoms with Crippen LogP contribution in [-0.4, -0.2) is 24.5 Å². The minimum absolute atomic E-state index is 0.907. The summed E-state index contributed by atoms with van der Waals surface area (Å²) in [5, 5.41) is 0. The maximum atomic E-state index is 2.69. The molecule has 0 unspecified atom stereocenters. The lowest BCUT2D eigenvalue weighted by Gasteiger charge is -2.32. The molecule has 1 aliphatic rings. The van der Waals surface area contributed by atoms with Gasteiger partial charge in [0, 0.05) is 0 Å². The Hall–Kier alpha value is -0.820. The van der Waals surface area contributed by atoms with E-state index < -0.39 is 0 Å². The molecule has 1 saturated heterocycles. The maximum Gasteiger partial charge on any atom is -0.00160 e. The van der Waals surface area contributed by atoms with Gasteiger partial charge in [0.2, 0.25) is 0 Å². The first-order chi connectivity index (χ1) is 10.3. The molecule has 0 spiro atoms. The van der Waals surface area contributed by atoms with Crippen molar-refractivity contribution >= 4 is 0 Å². The lowest BCUT2D eigenvalue weighted by Crippen LogP contribution is -2.35. The fourth-order valence-corrected chi connectivity index (χ4v) is 3.41. The third kappa shape index (κ3) is 6.22. The molecule has 1 nitrogen and oxygen atoms in total. The minimum Gasteiger partial charge on any atom is -0.303 e. The highest BCUT2D eigenvalue weighted by molar-refractivity contribution is 5.21.